The van der Waals surface area contributed by atoms with Gasteiger partial charge in [-0.1, -0.05) is 104 Å². The van der Waals surface area contributed by atoms with E-state index in [9.17, 15) is 75.3 Å². The molecular formula is C57H86N6O21. The number of aromatic amines is 1. The third kappa shape index (κ3) is 22.1. The molecule has 470 valence electrons. The number of azide groups is 1. The SMILES string of the molecule is C[C@@H]1[C@H](O)[C@@H](C)C=CC=CC=CC=CC=CC=CC=C[C@H](O[C@@H]2O[C@H](C)[C@@H](O)[C@H](N)[C@@H]2O)C[C@@H]2O[C@](O)(C[C@@H](O)C[C@@H](O)[C@H](O)CC[C@@H](O)C[C@@H](O)CC(=O)O[C@H]1C)C[C@H](O)[C@H]2C(=O)O.Cc1cn([C@H]2C[C@H](N=[N+]=[N-])[C@@H](CO)O2)c(=O)[nH]c1=O. The third-order valence-electron chi connectivity index (χ3n) is 15.1. The van der Waals surface area contributed by atoms with Gasteiger partial charge in [0.2, 0.25) is 0 Å². The van der Waals surface area contributed by atoms with Gasteiger partial charge in [-0.25, -0.2) is 4.79 Å². The van der Waals surface area contributed by atoms with Gasteiger partial charge < -0.3 is 90.7 Å². The summed E-state index contributed by atoms with van der Waals surface area (Å²) < 4.78 is 29.8. The van der Waals surface area contributed by atoms with Gasteiger partial charge in [0.25, 0.3) is 5.56 Å². The molecule has 3 fully saturated rings. The number of nitrogens with zero attached hydrogens (tertiary/aromatic N) is 4. The first-order valence-corrected chi connectivity index (χ1v) is 28.0. The number of carboxylic acid groups (broad SMARTS) is 1. The molecule has 27 heteroatoms. The number of aromatic nitrogens is 2. The molecule has 27 nitrogen and oxygen atoms in total. The quantitative estimate of drug-likeness (QED) is 0.0799. The van der Waals surface area contributed by atoms with Crippen LogP contribution in [0, 0.1) is 24.7 Å². The smallest absolute Gasteiger partial charge is 0.330 e. The van der Waals surface area contributed by atoms with Gasteiger partial charge in [0.15, 0.2) is 12.1 Å². The van der Waals surface area contributed by atoms with Crippen LogP contribution in [-0.2, 0) is 33.3 Å². The first-order valence-electron chi connectivity index (χ1n) is 28.0. The zero-order valence-corrected chi connectivity index (χ0v) is 47.8. The van der Waals surface area contributed by atoms with E-state index in [1.807, 2.05) is 19.1 Å². The fourth-order valence-corrected chi connectivity index (χ4v) is 10.0. The molecule has 22 atom stereocenters. The van der Waals surface area contributed by atoms with Crippen molar-refractivity contribution in [1.29, 1.82) is 0 Å². The fraction of sp³-hybridized carbons (Fsp3) is 0.649. The van der Waals surface area contributed by atoms with E-state index < -0.39 is 177 Å². The second kappa shape index (κ2) is 34.6. The highest BCUT2D eigenvalue weighted by molar-refractivity contribution is 5.71. The summed E-state index contributed by atoms with van der Waals surface area (Å²) in [5, 5.41) is 131. The molecule has 0 spiro atoms. The van der Waals surface area contributed by atoms with Gasteiger partial charge in [0.05, 0.1) is 98.4 Å². The van der Waals surface area contributed by atoms with E-state index >= 15 is 0 Å². The molecule has 84 heavy (non-hydrogen) atoms. The molecule has 0 aromatic carbocycles. The molecular weight excluding hydrogens is 1100 g/mol. The Balaban J connectivity index is 0.000000667. The highest BCUT2D eigenvalue weighted by Crippen LogP contribution is 2.38. The van der Waals surface area contributed by atoms with Crippen molar-refractivity contribution in [2.45, 2.75) is 208 Å². The number of aliphatic hydroxyl groups excluding tert-OH is 10. The first kappa shape index (κ1) is 71.0. The molecule has 0 saturated carbocycles. The molecule has 1 aromatic rings. The number of hydrogen-bond acceptors (Lipinski definition) is 22. The van der Waals surface area contributed by atoms with E-state index in [0.29, 0.717) is 5.56 Å². The second-order valence-corrected chi connectivity index (χ2v) is 21.9. The van der Waals surface area contributed by atoms with Crippen molar-refractivity contribution in [2.24, 2.45) is 28.6 Å². The van der Waals surface area contributed by atoms with Crippen LogP contribution in [0.3, 0.4) is 0 Å². The maximum absolute atomic E-state index is 12.6. The molecule has 5 heterocycles. The van der Waals surface area contributed by atoms with Crippen molar-refractivity contribution in [3.63, 3.8) is 0 Å². The number of aryl methyl sites for hydroxylation is 1. The number of carbonyl (C=O) groups excluding carboxylic acids is 1. The summed E-state index contributed by atoms with van der Waals surface area (Å²) in [7, 11) is 0. The normalized spacial score (nSPS) is 38.4. The average Bonchev–Trinajstić information content (AvgIpc) is 1.93. The number of fused-ring (bicyclic) bond motifs is 2. The van der Waals surface area contributed by atoms with Crippen LogP contribution in [0.4, 0.5) is 0 Å². The number of carboxylic acids is 1. The Kier molecular flexibility index (Phi) is 29.2. The molecule has 3 saturated heterocycles. The Morgan fingerprint density at radius 3 is 1.96 bits per heavy atom. The van der Waals surface area contributed by atoms with Crippen molar-refractivity contribution in [3.05, 3.63) is 128 Å². The zero-order chi connectivity index (χ0) is 62.4. The molecule has 0 aliphatic carbocycles. The summed E-state index contributed by atoms with van der Waals surface area (Å²) in [6.07, 6.45) is 3.79. The summed E-state index contributed by atoms with van der Waals surface area (Å²) in [6, 6.07) is -1.69. The topological polar surface area (TPSA) is 453 Å². The van der Waals surface area contributed by atoms with Gasteiger partial charge in [-0.2, -0.15) is 0 Å². The molecule has 1 aromatic heterocycles. The van der Waals surface area contributed by atoms with Gasteiger partial charge in [0, 0.05) is 60.6 Å². The minimum absolute atomic E-state index is 0.107. The van der Waals surface area contributed by atoms with Crippen molar-refractivity contribution >= 4 is 11.9 Å². The summed E-state index contributed by atoms with van der Waals surface area (Å²) in [5.74, 6) is -6.83. The predicted molar refractivity (Wildman–Crippen MR) is 302 cm³/mol. The molecule has 0 amide bonds. The van der Waals surface area contributed by atoms with Crippen LogP contribution in [-0.4, -0.2) is 199 Å². The van der Waals surface area contributed by atoms with E-state index in [2.05, 4.69) is 15.0 Å². The van der Waals surface area contributed by atoms with Crippen LogP contribution < -0.4 is 17.0 Å². The Morgan fingerprint density at radius 1 is 0.762 bits per heavy atom. The number of aliphatic carboxylic acids is 1. The van der Waals surface area contributed by atoms with Gasteiger partial charge in [0.1, 0.15) is 24.4 Å². The lowest BCUT2D eigenvalue weighted by Gasteiger charge is -2.45. The lowest BCUT2D eigenvalue weighted by molar-refractivity contribution is -0.308. The van der Waals surface area contributed by atoms with Crippen molar-refractivity contribution in [3.8, 4) is 0 Å². The molecule has 2 bridgehead atoms. The van der Waals surface area contributed by atoms with Crippen molar-refractivity contribution < 1.29 is 94.6 Å². The minimum atomic E-state index is -2.33. The van der Waals surface area contributed by atoms with E-state index in [1.54, 1.807) is 87.6 Å². The predicted octanol–water partition coefficient (Wildman–Crippen LogP) is 0.515. The molecule has 5 rings (SSSR count). The number of carbonyl (C=O) groups is 2. The number of nitrogens with one attached hydrogen (secondary N) is 1. The largest absolute Gasteiger partial charge is 0.481 e. The van der Waals surface area contributed by atoms with Gasteiger partial charge in [-0.15, -0.1) is 0 Å². The molecule has 4 aliphatic heterocycles. The number of allylic oxidation sites excluding steroid dienone is 12. The minimum Gasteiger partial charge on any atom is -0.481 e. The number of cyclic esters (lactones) is 1. The summed E-state index contributed by atoms with van der Waals surface area (Å²) in [5.41, 5.74) is 13.8. The van der Waals surface area contributed by atoms with E-state index in [-0.39, 0.29) is 44.6 Å². The number of esters is 1. The molecule has 15 N–H and O–H groups in total. The lowest BCUT2D eigenvalue weighted by atomic mass is 9.82. The summed E-state index contributed by atoms with van der Waals surface area (Å²) in [6.45, 7) is 8.00. The van der Waals surface area contributed by atoms with E-state index in [4.69, 9.17) is 40.1 Å². The number of nitrogens with two attached hydrogens (primary N) is 1. The molecule has 4 aliphatic rings. The summed E-state index contributed by atoms with van der Waals surface area (Å²) in [4.78, 5) is 52.9. The van der Waals surface area contributed by atoms with Crippen LogP contribution in [0.25, 0.3) is 10.4 Å². The van der Waals surface area contributed by atoms with E-state index in [0.717, 1.165) is 0 Å². The maximum atomic E-state index is 12.6. The first-order chi connectivity index (χ1) is 39.7. The Bertz CT molecular complexity index is 2620. The Morgan fingerprint density at radius 2 is 1.37 bits per heavy atom. The van der Waals surface area contributed by atoms with E-state index in [1.165, 1.54) is 23.8 Å². The van der Waals surface area contributed by atoms with Crippen LogP contribution >= 0.6 is 0 Å². The Labute approximate surface area is 486 Å². The van der Waals surface area contributed by atoms with Gasteiger partial charge in [-0.3, -0.25) is 23.9 Å². The number of ether oxygens (including phenoxy) is 5. The standard InChI is InChI=1S/C47H73NO17.C10H13N5O4/c1-27-17-15-13-11-9-7-5-6-8-10-12-14-16-18-34(64-46-44(58)41(48)43(57)30(4)63-46)24-38-40(45(59)60)37(54)26-47(61,65-38)25-33(51)22-36(53)35(52)20-19-31(49)21-32(50)23-39(55)62-29(3)28(2)42(27)56;1-5-3-15(10(18)12-9(5)17)8-2-6(13-14-11)7(4-16)19-8/h5-18,27-38,40-44,46,49-54,56-58,61H,19-26,48H2,1-4H3,(H,59,60);3,6-8,16H,2,4H2,1H3,(H,12,17,18)/t27-,28-,29-,30+,31+,32+,33-,34-,35+,36+,37-,38-,40+,41-,42+,43+,44-,46-,47+;6-,7+,8+/m00/s1. The van der Waals surface area contributed by atoms with Crippen LogP contribution in [0.15, 0.2) is 106 Å². The average molecular weight is 1190 g/mol. The number of hydrogen-bond donors (Lipinski definition) is 14. The van der Waals surface area contributed by atoms with Crippen LogP contribution in [0.5, 0.6) is 0 Å². The molecule has 0 unspecified atom stereocenters. The lowest BCUT2D eigenvalue weighted by Crippen LogP contribution is -2.61. The van der Waals surface area contributed by atoms with Crippen molar-refractivity contribution in [1.82, 2.24) is 9.55 Å². The molecule has 0 radical (unpaired) electrons. The fourth-order valence-electron chi connectivity index (χ4n) is 10.0. The van der Waals surface area contributed by atoms with Crippen molar-refractivity contribution in [2.75, 3.05) is 6.61 Å². The van der Waals surface area contributed by atoms with Gasteiger partial charge >= 0.3 is 17.6 Å². The highest BCUT2D eigenvalue weighted by atomic mass is 16.7. The number of aliphatic hydroxyl groups is 11. The maximum Gasteiger partial charge on any atom is 0.330 e. The second-order valence-electron chi connectivity index (χ2n) is 21.9. The summed E-state index contributed by atoms with van der Waals surface area (Å²) >= 11 is 0. The number of H-pyrrole nitrogens is 1. The van der Waals surface area contributed by atoms with Gasteiger partial charge in [-0.05, 0) is 45.6 Å². The third-order valence-corrected chi connectivity index (χ3v) is 15.1. The highest BCUT2D eigenvalue weighted by Gasteiger charge is 2.51. The van der Waals surface area contributed by atoms with Crippen LogP contribution in [0.1, 0.15) is 97.3 Å². The zero-order valence-electron chi connectivity index (χ0n) is 47.8. The number of rotatable bonds is 6. The monoisotopic (exact) mass is 1190 g/mol. The van der Waals surface area contributed by atoms with Crippen LogP contribution in [0.2, 0.25) is 0 Å². The Hall–Kier alpha value is -5.53.